The van der Waals surface area contributed by atoms with Crippen molar-refractivity contribution in [2.75, 3.05) is 11.1 Å². The zero-order chi connectivity index (χ0) is 14.7. The predicted molar refractivity (Wildman–Crippen MR) is 69.7 cm³/mol. The molecule has 1 heterocycles. The lowest BCUT2D eigenvalue weighted by atomic mass is 10.2. The molecule has 2 rings (SSSR count). The Bertz CT molecular complexity index is 726. The molecule has 0 amide bonds. The second-order valence-electron chi connectivity index (χ2n) is 3.82. The molecule has 0 aliphatic carbocycles. The highest BCUT2D eigenvalue weighted by atomic mass is 19.1. The van der Waals surface area contributed by atoms with Crippen molar-refractivity contribution in [3.63, 3.8) is 0 Å². The van der Waals surface area contributed by atoms with Crippen molar-refractivity contribution in [2.24, 2.45) is 0 Å². The van der Waals surface area contributed by atoms with Crippen molar-refractivity contribution < 1.29 is 9.31 Å². The van der Waals surface area contributed by atoms with Gasteiger partial charge in [0.1, 0.15) is 17.5 Å². The summed E-state index contributed by atoms with van der Waals surface area (Å²) in [5, 5.41) is 21.9. The molecule has 3 N–H and O–H groups in total. The van der Waals surface area contributed by atoms with Crippen LogP contribution in [0.1, 0.15) is 5.56 Å². The predicted octanol–water partition coefficient (Wildman–Crippen LogP) is 2.33. The third-order valence-corrected chi connectivity index (χ3v) is 2.40. The van der Waals surface area contributed by atoms with Gasteiger partial charge in [0.05, 0.1) is 34.4 Å². The van der Waals surface area contributed by atoms with Crippen molar-refractivity contribution in [3.05, 3.63) is 51.8 Å². The number of nitro groups is 1. The molecule has 2 aromatic rings. The Labute approximate surface area is 112 Å². The minimum Gasteiger partial charge on any atom is -0.383 e. The average molecular weight is 273 g/mol. The number of hydrogen-bond acceptors (Lipinski definition) is 6. The Balaban J connectivity index is 2.35. The lowest BCUT2D eigenvalue weighted by molar-refractivity contribution is -0.384. The van der Waals surface area contributed by atoms with Crippen LogP contribution in [0.25, 0.3) is 0 Å². The highest BCUT2D eigenvalue weighted by Gasteiger charge is 2.11. The first-order chi connectivity index (χ1) is 9.49. The Hall–Kier alpha value is -3.21. The number of rotatable bonds is 3. The topological polar surface area (TPSA) is 118 Å². The van der Waals surface area contributed by atoms with Gasteiger partial charge in [-0.2, -0.15) is 5.26 Å². The van der Waals surface area contributed by atoms with Gasteiger partial charge in [-0.15, -0.1) is 0 Å². The maximum atomic E-state index is 13.7. The second kappa shape index (κ2) is 5.19. The van der Waals surface area contributed by atoms with Gasteiger partial charge in [0.15, 0.2) is 0 Å². The van der Waals surface area contributed by atoms with Gasteiger partial charge < -0.3 is 11.1 Å². The Morgan fingerprint density at radius 1 is 1.40 bits per heavy atom. The van der Waals surface area contributed by atoms with Gasteiger partial charge in [-0.1, -0.05) is 0 Å². The number of halogens is 1. The quantitative estimate of drug-likeness (QED) is 0.654. The molecule has 0 spiro atoms. The summed E-state index contributed by atoms with van der Waals surface area (Å²) in [6.45, 7) is 0. The molecule has 1 aromatic carbocycles. The van der Waals surface area contributed by atoms with Crippen LogP contribution < -0.4 is 11.1 Å². The van der Waals surface area contributed by atoms with E-state index in [1.807, 2.05) is 0 Å². The third kappa shape index (κ3) is 2.78. The molecule has 1 aromatic heterocycles. The van der Waals surface area contributed by atoms with Gasteiger partial charge >= 0.3 is 0 Å². The Morgan fingerprint density at radius 3 is 2.75 bits per heavy atom. The van der Waals surface area contributed by atoms with Gasteiger partial charge in [0, 0.05) is 0 Å². The maximum Gasteiger partial charge on any atom is 0.276 e. The van der Waals surface area contributed by atoms with Crippen molar-refractivity contribution >= 4 is 23.0 Å². The van der Waals surface area contributed by atoms with Crippen LogP contribution in [0.5, 0.6) is 0 Å². The monoisotopic (exact) mass is 273 g/mol. The van der Waals surface area contributed by atoms with E-state index in [1.54, 1.807) is 6.07 Å². The first-order valence-corrected chi connectivity index (χ1v) is 5.38. The summed E-state index contributed by atoms with van der Waals surface area (Å²) in [6.07, 6.45) is 0. The van der Waals surface area contributed by atoms with Crippen LogP contribution in [-0.4, -0.2) is 9.91 Å². The van der Waals surface area contributed by atoms with E-state index < -0.39 is 10.7 Å². The lowest BCUT2D eigenvalue weighted by Gasteiger charge is -2.07. The fourth-order valence-electron chi connectivity index (χ4n) is 1.53. The fraction of sp³-hybridized carbons (Fsp3) is 0. The number of benzene rings is 1. The molecule has 0 atom stereocenters. The molecule has 0 aliphatic rings. The minimum atomic E-state index is -0.670. The maximum absolute atomic E-state index is 13.7. The SMILES string of the molecule is N#Cc1ccc(Nc2cc([N+](=O)[O-])cc(N)n2)c(F)c1. The van der Waals surface area contributed by atoms with E-state index in [4.69, 9.17) is 11.0 Å². The molecule has 0 saturated heterocycles. The smallest absolute Gasteiger partial charge is 0.276 e. The Kier molecular flexibility index (Phi) is 3.43. The standard InChI is InChI=1S/C12H8FN5O2/c13-9-3-7(6-14)1-2-10(9)16-12-5-8(18(19)20)4-11(15)17-12/h1-5H,(H3,15,16,17). The highest BCUT2D eigenvalue weighted by Crippen LogP contribution is 2.24. The molecular formula is C12H8FN5O2. The molecule has 0 aliphatic heterocycles. The number of nitrogens with zero attached hydrogens (tertiary/aromatic N) is 3. The van der Waals surface area contributed by atoms with E-state index in [0.717, 1.165) is 18.2 Å². The zero-order valence-corrected chi connectivity index (χ0v) is 10.0. The first kappa shape index (κ1) is 13.2. The molecule has 0 unspecified atom stereocenters. The molecule has 0 saturated carbocycles. The number of nitriles is 1. The summed E-state index contributed by atoms with van der Waals surface area (Å²) < 4.78 is 13.7. The third-order valence-electron chi connectivity index (χ3n) is 2.40. The van der Waals surface area contributed by atoms with Crippen LogP contribution in [0.4, 0.5) is 27.4 Å². The van der Waals surface area contributed by atoms with Crippen LogP contribution in [0.2, 0.25) is 0 Å². The summed E-state index contributed by atoms with van der Waals surface area (Å²) in [7, 11) is 0. The van der Waals surface area contributed by atoms with Gasteiger partial charge in [0.25, 0.3) is 5.69 Å². The van der Waals surface area contributed by atoms with Crippen molar-refractivity contribution in [1.82, 2.24) is 4.98 Å². The largest absolute Gasteiger partial charge is 0.383 e. The summed E-state index contributed by atoms with van der Waals surface area (Å²) in [5.74, 6) is -0.688. The normalized spacial score (nSPS) is 9.80. The van der Waals surface area contributed by atoms with Gasteiger partial charge in [-0.05, 0) is 18.2 Å². The van der Waals surface area contributed by atoms with Crippen LogP contribution in [0.15, 0.2) is 30.3 Å². The van der Waals surface area contributed by atoms with Crippen LogP contribution in [0, 0.1) is 27.3 Å². The number of nitrogens with two attached hydrogens (primary N) is 1. The molecule has 8 heteroatoms. The molecule has 0 bridgehead atoms. The van der Waals surface area contributed by atoms with E-state index >= 15 is 0 Å². The summed E-state index contributed by atoms with van der Waals surface area (Å²) in [6, 6.07) is 7.82. The molecule has 100 valence electrons. The van der Waals surface area contributed by atoms with E-state index in [9.17, 15) is 14.5 Å². The minimum absolute atomic E-state index is 0.0383. The summed E-state index contributed by atoms with van der Waals surface area (Å²) in [5.41, 5.74) is 5.39. The van der Waals surface area contributed by atoms with Crippen LogP contribution in [0.3, 0.4) is 0 Å². The molecular weight excluding hydrogens is 265 g/mol. The highest BCUT2D eigenvalue weighted by molar-refractivity contribution is 5.62. The molecule has 0 fully saturated rings. The van der Waals surface area contributed by atoms with Gasteiger partial charge in [-0.25, -0.2) is 9.37 Å². The van der Waals surface area contributed by atoms with Crippen molar-refractivity contribution in [2.45, 2.75) is 0 Å². The second-order valence-corrected chi connectivity index (χ2v) is 3.82. The van der Waals surface area contributed by atoms with Crippen molar-refractivity contribution in [3.8, 4) is 6.07 Å². The number of anilines is 3. The average Bonchev–Trinajstić information content (AvgIpc) is 2.40. The summed E-state index contributed by atoms with van der Waals surface area (Å²) >= 11 is 0. The van der Waals surface area contributed by atoms with E-state index in [1.165, 1.54) is 12.1 Å². The van der Waals surface area contributed by atoms with E-state index in [2.05, 4.69) is 10.3 Å². The van der Waals surface area contributed by atoms with Gasteiger partial charge in [-0.3, -0.25) is 10.1 Å². The number of pyridine rings is 1. The first-order valence-electron chi connectivity index (χ1n) is 5.38. The summed E-state index contributed by atoms with van der Waals surface area (Å²) in [4.78, 5) is 13.9. The number of hydrogen-bond donors (Lipinski definition) is 2. The van der Waals surface area contributed by atoms with Crippen LogP contribution in [-0.2, 0) is 0 Å². The number of aromatic nitrogens is 1. The van der Waals surface area contributed by atoms with Crippen molar-refractivity contribution in [1.29, 1.82) is 5.26 Å². The fourth-order valence-corrected chi connectivity index (χ4v) is 1.53. The molecule has 7 nitrogen and oxygen atoms in total. The molecule has 20 heavy (non-hydrogen) atoms. The van der Waals surface area contributed by atoms with E-state index in [-0.39, 0.29) is 28.6 Å². The Morgan fingerprint density at radius 2 is 2.15 bits per heavy atom. The zero-order valence-electron chi connectivity index (χ0n) is 10.0. The van der Waals surface area contributed by atoms with E-state index in [0.29, 0.717) is 0 Å². The number of nitrogen functional groups attached to an aromatic ring is 1. The number of nitrogens with one attached hydrogen (secondary N) is 1. The van der Waals surface area contributed by atoms with Crippen LogP contribution >= 0.6 is 0 Å². The van der Waals surface area contributed by atoms with Gasteiger partial charge in [0.2, 0.25) is 0 Å². The lowest BCUT2D eigenvalue weighted by Crippen LogP contribution is -2.01. The molecule has 0 radical (unpaired) electrons.